The van der Waals surface area contributed by atoms with Crippen LogP contribution in [0.3, 0.4) is 0 Å². The number of ether oxygens (including phenoxy) is 1. The van der Waals surface area contributed by atoms with Gasteiger partial charge in [-0.2, -0.15) is 0 Å². The number of methoxy groups -OCH3 is 1. The number of anilines is 2. The number of aromatic nitrogens is 2. The minimum Gasteiger partial charge on any atom is -0.377 e. The Bertz CT molecular complexity index is 415. The van der Waals surface area contributed by atoms with Gasteiger partial charge in [-0.3, -0.25) is 4.79 Å². The quantitative estimate of drug-likeness (QED) is 0.727. The van der Waals surface area contributed by atoms with Gasteiger partial charge < -0.3 is 20.3 Å². The van der Waals surface area contributed by atoms with Crippen molar-refractivity contribution in [2.24, 2.45) is 0 Å². The molecule has 2 N–H and O–H groups in total. The predicted molar refractivity (Wildman–Crippen MR) is 78.9 cm³/mol. The van der Waals surface area contributed by atoms with Gasteiger partial charge in [0, 0.05) is 33.3 Å². The first-order valence-electron chi connectivity index (χ1n) is 6.69. The fraction of sp³-hybridized carbons (Fsp3) is 0.615. The minimum atomic E-state index is -0.0353. The summed E-state index contributed by atoms with van der Waals surface area (Å²) in [4.78, 5) is 22.1. The Hall–Kier alpha value is -1.89. The first kappa shape index (κ1) is 16.2. The third-order valence-corrected chi connectivity index (χ3v) is 2.54. The number of nitrogens with one attached hydrogen (secondary N) is 2. The molecule has 0 aromatic carbocycles. The van der Waals surface area contributed by atoms with Gasteiger partial charge in [-0.1, -0.05) is 0 Å². The molecule has 0 radical (unpaired) electrons. The summed E-state index contributed by atoms with van der Waals surface area (Å²) in [7, 11) is 3.42. The van der Waals surface area contributed by atoms with Gasteiger partial charge >= 0.3 is 0 Å². The van der Waals surface area contributed by atoms with Gasteiger partial charge in [-0.05, 0) is 13.8 Å². The summed E-state index contributed by atoms with van der Waals surface area (Å²) in [5.41, 5.74) is 0. The Labute approximate surface area is 119 Å². The lowest BCUT2D eigenvalue weighted by Gasteiger charge is -2.19. The molecule has 1 rings (SSSR count). The second kappa shape index (κ2) is 8.31. The Morgan fingerprint density at radius 2 is 2.10 bits per heavy atom. The number of hydrogen-bond acceptors (Lipinski definition) is 6. The molecule has 7 nitrogen and oxygen atoms in total. The Morgan fingerprint density at radius 3 is 2.70 bits per heavy atom. The van der Waals surface area contributed by atoms with Crippen LogP contribution in [0.5, 0.6) is 0 Å². The Kier molecular flexibility index (Phi) is 6.72. The molecule has 0 atom stereocenters. The van der Waals surface area contributed by atoms with Crippen molar-refractivity contribution in [2.75, 3.05) is 44.0 Å². The molecule has 0 spiro atoms. The fourth-order valence-electron chi connectivity index (χ4n) is 1.69. The van der Waals surface area contributed by atoms with Crippen molar-refractivity contribution in [3.63, 3.8) is 0 Å². The number of rotatable bonds is 8. The van der Waals surface area contributed by atoms with E-state index >= 15 is 0 Å². The zero-order chi connectivity index (χ0) is 15.0. The van der Waals surface area contributed by atoms with Gasteiger partial charge in [0.25, 0.3) is 0 Å². The van der Waals surface area contributed by atoms with E-state index in [-0.39, 0.29) is 12.5 Å². The summed E-state index contributed by atoms with van der Waals surface area (Å²) in [5.74, 6) is 1.97. The molecule has 1 aromatic heterocycles. The maximum Gasteiger partial charge on any atom is 0.239 e. The van der Waals surface area contributed by atoms with Crippen LogP contribution in [0.25, 0.3) is 0 Å². The van der Waals surface area contributed by atoms with Crippen LogP contribution in [-0.4, -0.2) is 49.7 Å². The van der Waals surface area contributed by atoms with Gasteiger partial charge in [0.15, 0.2) is 5.82 Å². The molecule has 1 aromatic rings. The summed E-state index contributed by atoms with van der Waals surface area (Å²) < 4.78 is 5.06. The van der Waals surface area contributed by atoms with Crippen molar-refractivity contribution < 1.29 is 9.53 Å². The number of nitrogens with zero attached hydrogens (tertiary/aromatic N) is 3. The zero-order valence-corrected chi connectivity index (χ0v) is 12.6. The van der Waals surface area contributed by atoms with Crippen molar-refractivity contribution in [1.82, 2.24) is 15.3 Å². The number of hydrogen-bond donors (Lipinski definition) is 2. The van der Waals surface area contributed by atoms with Gasteiger partial charge in [-0.15, -0.1) is 0 Å². The molecule has 0 saturated heterocycles. The summed E-state index contributed by atoms with van der Waals surface area (Å²) in [6.07, 6.45) is 0. The summed E-state index contributed by atoms with van der Waals surface area (Å²) >= 11 is 0. The van der Waals surface area contributed by atoms with Gasteiger partial charge in [0.05, 0.1) is 6.54 Å². The van der Waals surface area contributed by atoms with Crippen LogP contribution < -0.4 is 15.5 Å². The standard InChI is InChI=1S/C13H23N5O2/c1-5-14-10-7-12(17-11(16-10)9-20-4)18(3)8-13(19)15-6-2/h7H,5-6,8-9H2,1-4H3,(H,15,19)(H,14,16,17). The molecule has 0 aliphatic rings. The van der Waals surface area contributed by atoms with E-state index in [0.29, 0.717) is 24.8 Å². The minimum absolute atomic E-state index is 0.0353. The maximum atomic E-state index is 11.6. The average molecular weight is 281 g/mol. The third kappa shape index (κ3) is 5.00. The van der Waals surface area contributed by atoms with E-state index < -0.39 is 0 Å². The van der Waals surface area contributed by atoms with Gasteiger partial charge in [0.2, 0.25) is 5.91 Å². The number of carbonyl (C=O) groups is 1. The highest BCUT2D eigenvalue weighted by Crippen LogP contribution is 2.15. The van der Waals surface area contributed by atoms with Gasteiger partial charge in [0.1, 0.15) is 18.2 Å². The molecular weight excluding hydrogens is 258 g/mol. The van der Waals surface area contributed by atoms with Crippen LogP contribution in [0.4, 0.5) is 11.6 Å². The lowest BCUT2D eigenvalue weighted by atomic mass is 10.4. The normalized spacial score (nSPS) is 10.2. The molecule has 20 heavy (non-hydrogen) atoms. The highest BCUT2D eigenvalue weighted by Gasteiger charge is 2.11. The average Bonchev–Trinajstić information content (AvgIpc) is 2.39. The number of likely N-dealkylation sites (N-methyl/N-ethyl adjacent to an activating group) is 2. The van der Waals surface area contributed by atoms with Crippen LogP contribution >= 0.6 is 0 Å². The lowest BCUT2D eigenvalue weighted by molar-refractivity contribution is -0.119. The topological polar surface area (TPSA) is 79.4 Å². The molecule has 7 heteroatoms. The molecule has 0 bridgehead atoms. The molecule has 0 aliphatic carbocycles. The maximum absolute atomic E-state index is 11.6. The fourth-order valence-corrected chi connectivity index (χ4v) is 1.69. The predicted octanol–water partition coefficient (Wildman–Crippen LogP) is 0.627. The highest BCUT2D eigenvalue weighted by molar-refractivity contribution is 5.80. The van der Waals surface area contributed by atoms with Crippen LogP contribution in [0, 0.1) is 0 Å². The van der Waals surface area contributed by atoms with E-state index in [4.69, 9.17) is 4.74 Å². The van der Waals surface area contributed by atoms with E-state index in [1.165, 1.54) is 0 Å². The van der Waals surface area contributed by atoms with Crippen LogP contribution in [-0.2, 0) is 16.1 Å². The monoisotopic (exact) mass is 281 g/mol. The SMILES string of the molecule is CCNC(=O)CN(C)c1cc(NCC)nc(COC)n1. The van der Waals surface area contributed by atoms with Crippen molar-refractivity contribution in [3.8, 4) is 0 Å². The highest BCUT2D eigenvalue weighted by atomic mass is 16.5. The van der Waals surface area contributed by atoms with Crippen molar-refractivity contribution in [3.05, 3.63) is 11.9 Å². The Balaban J connectivity index is 2.87. The van der Waals surface area contributed by atoms with E-state index in [2.05, 4.69) is 20.6 Å². The molecule has 112 valence electrons. The largest absolute Gasteiger partial charge is 0.377 e. The molecule has 1 heterocycles. The second-order valence-electron chi connectivity index (χ2n) is 4.30. The van der Waals surface area contributed by atoms with Crippen molar-refractivity contribution in [1.29, 1.82) is 0 Å². The van der Waals surface area contributed by atoms with Crippen LogP contribution in [0.1, 0.15) is 19.7 Å². The molecular formula is C13H23N5O2. The molecule has 1 amide bonds. The van der Waals surface area contributed by atoms with E-state index in [9.17, 15) is 4.79 Å². The van der Waals surface area contributed by atoms with Crippen molar-refractivity contribution >= 4 is 17.5 Å². The number of amides is 1. The summed E-state index contributed by atoms with van der Waals surface area (Å²) in [6, 6.07) is 1.82. The second-order valence-corrected chi connectivity index (χ2v) is 4.30. The van der Waals surface area contributed by atoms with E-state index in [1.807, 2.05) is 27.0 Å². The molecule has 0 unspecified atom stereocenters. The van der Waals surface area contributed by atoms with E-state index in [1.54, 1.807) is 12.0 Å². The Morgan fingerprint density at radius 1 is 1.35 bits per heavy atom. The molecule has 0 saturated carbocycles. The zero-order valence-electron chi connectivity index (χ0n) is 12.6. The van der Waals surface area contributed by atoms with Crippen molar-refractivity contribution in [2.45, 2.75) is 20.5 Å². The number of carbonyl (C=O) groups excluding carboxylic acids is 1. The first-order chi connectivity index (χ1) is 9.60. The third-order valence-electron chi connectivity index (χ3n) is 2.54. The first-order valence-corrected chi connectivity index (χ1v) is 6.69. The van der Waals surface area contributed by atoms with Crippen LogP contribution in [0.2, 0.25) is 0 Å². The lowest BCUT2D eigenvalue weighted by Crippen LogP contribution is -2.35. The smallest absolute Gasteiger partial charge is 0.239 e. The summed E-state index contributed by atoms with van der Waals surface area (Å²) in [5, 5.41) is 5.91. The van der Waals surface area contributed by atoms with E-state index in [0.717, 1.165) is 12.4 Å². The molecule has 0 fully saturated rings. The van der Waals surface area contributed by atoms with Gasteiger partial charge in [-0.25, -0.2) is 9.97 Å². The molecule has 0 aliphatic heterocycles. The van der Waals surface area contributed by atoms with Crippen LogP contribution in [0.15, 0.2) is 6.07 Å². The summed E-state index contributed by atoms with van der Waals surface area (Å²) in [6.45, 7) is 5.86.